The van der Waals surface area contributed by atoms with Crippen molar-refractivity contribution in [2.24, 2.45) is 0 Å². The van der Waals surface area contributed by atoms with E-state index in [0.29, 0.717) is 31.9 Å². The third-order valence-electron chi connectivity index (χ3n) is 3.65. The summed E-state index contributed by atoms with van der Waals surface area (Å²) in [6, 6.07) is 6.75. The molecule has 1 N–H and O–H groups in total. The molecule has 0 bridgehead atoms. The Morgan fingerprint density at radius 2 is 2.05 bits per heavy atom. The molecule has 1 amide bonds. The number of amides is 1. The van der Waals surface area contributed by atoms with Crippen LogP contribution in [0.25, 0.3) is 0 Å². The van der Waals surface area contributed by atoms with Gasteiger partial charge in [-0.25, -0.2) is 9.37 Å². The molecule has 22 heavy (non-hydrogen) atoms. The van der Waals surface area contributed by atoms with Crippen molar-refractivity contribution in [3.05, 3.63) is 41.7 Å². The van der Waals surface area contributed by atoms with E-state index in [1.54, 1.807) is 23.2 Å². The van der Waals surface area contributed by atoms with Crippen LogP contribution < -0.4 is 10.2 Å². The van der Waals surface area contributed by atoms with Crippen molar-refractivity contribution < 1.29 is 9.18 Å². The Morgan fingerprint density at radius 3 is 2.73 bits per heavy atom. The summed E-state index contributed by atoms with van der Waals surface area (Å²) in [5.41, 5.74) is 0.607. The van der Waals surface area contributed by atoms with Gasteiger partial charge in [0.15, 0.2) is 5.13 Å². The number of piperazine rings is 1. The van der Waals surface area contributed by atoms with Crippen LogP contribution in [0, 0.1) is 5.82 Å². The first kappa shape index (κ1) is 14.8. The minimum atomic E-state index is -0.215. The lowest BCUT2D eigenvalue weighted by Gasteiger charge is -2.36. The molecule has 0 atom stereocenters. The first-order chi connectivity index (χ1) is 10.7. The number of hydrogen-bond acceptors (Lipinski definition) is 5. The van der Waals surface area contributed by atoms with E-state index in [9.17, 15) is 9.18 Å². The van der Waals surface area contributed by atoms with E-state index in [4.69, 9.17) is 0 Å². The third-order valence-corrected chi connectivity index (χ3v) is 4.38. The first-order valence-corrected chi connectivity index (χ1v) is 8.02. The van der Waals surface area contributed by atoms with Crippen LogP contribution >= 0.6 is 11.3 Å². The lowest BCUT2D eigenvalue weighted by atomic mass is 10.2. The fourth-order valence-electron chi connectivity index (χ4n) is 2.48. The van der Waals surface area contributed by atoms with E-state index >= 15 is 0 Å². The average Bonchev–Trinajstić information content (AvgIpc) is 3.07. The number of hydrogen-bond donors (Lipinski definition) is 1. The summed E-state index contributed by atoms with van der Waals surface area (Å²) in [5, 5.41) is 5.63. The summed E-state index contributed by atoms with van der Waals surface area (Å²) in [7, 11) is 0. The van der Waals surface area contributed by atoms with Crippen LogP contribution in [0.3, 0.4) is 0 Å². The summed E-state index contributed by atoms with van der Waals surface area (Å²) in [6.07, 6.45) is 1.70. The number of anilines is 2. The van der Waals surface area contributed by atoms with E-state index in [2.05, 4.69) is 10.3 Å². The fraction of sp³-hybridized carbons (Fsp3) is 0.333. The largest absolute Gasteiger partial charge is 0.366 e. The maximum absolute atomic E-state index is 13.8. The molecule has 1 saturated heterocycles. The zero-order chi connectivity index (χ0) is 15.4. The number of nitrogens with zero attached hydrogens (tertiary/aromatic N) is 3. The van der Waals surface area contributed by atoms with Crippen molar-refractivity contribution in [1.82, 2.24) is 9.88 Å². The van der Waals surface area contributed by atoms with Crippen molar-refractivity contribution in [3.63, 3.8) is 0 Å². The van der Waals surface area contributed by atoms with Gasteiger partial charge in [0.1, 0.15) is 5.82 Å². The highest BCUT2D eigenvalue weighted by molar-refractivity contribution is 7.13. The third kappa shape index (κ3) is 3.36. The van der Waals surface area contributed by atoms with Crippen molar-refractivity contribution in [3.8, 4) is 0 Å². The lowest BCUT2D eigenvalue weighted by Crippen LogP contribution is -2.50. The second kappa shape index (κ2) is 6.74. The molecule has 2 aromatic rings. The molecule has 2 heterocycles. The molecule has 1 aromatic heterocycles. The first-order valence-electron chi connectivity index (χ1n) is 7.14. The van der Waals surface area contributed by atoms with Gasteiger partial charge in [0.05, 0.1) is 12.2 Å². The van der Waals surface area contributed by atoms with Crippen molar-refractivity contribution in [2.75, 3.05) is 42.9 Å². The predicted molar refractivity (Wildman–Crippen MR) is 85.8 cm³/mol. The number of carbonyl (C=O) groups is 1. The molecular formula is C15H17FN4OS. The molecule has 1 aliphatic heterocycles. The number of para-hydroxylation sites is 1. The van der Waals surface area contributed by atoms with Crippen LogP contribution in [0.2, 0.25) is 0 Å². The molecule has 0 unspecified atom stereocenters. The molecule has 0 saturated carbocycles. The monoisotopic (exact) mass is 320 g/mol. The van der Waals surface area contributed by atoms with Crippen LogP contribution in [0.1, 0.15) is 0 Å². The quantitative estimate of drug-likeness (QED) is 0.937. The molecule has 3 rings (SSSR count). The Labute approximate surface area is 132 Å². The number of nitrogens with one attached hydrogen (secondary N) is 1. The standard InChI is InChI=1S/C15H17FN4OS/c16-12-3-1-2-4-13(12)19-6-8-20(9-7-19)14(21)11-18-15-17-5-10-22-15/h1-5,10H,6-9,11H2,(H,17,18). The van der Waals surface area contributed by atoms with Crippen molar-refractivity contribution >= 4 is 28.1 Å². The van der Waals surface area contributed by atoms with Crippen LogP contribution in [0.5, 0.6) is 0 Å². The number of aromatic nitrogens is 1. The maximum atomic E-state index is 13.8. The minimum Gasteiger partial charge on any atom is -0.366 e. The second-order valence-electron chi connectivity index (χ2n) is 5.01. The predicted octanol–water partition coefficient (Wildman–Crippen LogP) is 2.04. The Kier molecular flexibility index (Phi) is 4.53. The normalized spacial score (nSPS) is 15.0. The summed E-state index contributed by atoms with van der Waals surface area (Å²) in [4.78, 5) is 20.0. The van der Waals surface area contributed by atoms with Gasteiger partial charge in [-0.05, 0) is 12.1 Å². The summed E-state index contributed by atoms with van der Waals surface area (Å²) in [6.45, 7) is 2.74. The molecule has 0 spiro atoms. The van der Waals surface area contributed by atoms with E-state index < -0.39 is 0 Å². The van der Waals surface area contributed by atoms with Gasteiger partial charge in [0.2, 0.25) is 5.91 Å². The van der Waals surface area contributed by atoms with Crippen LogP contribution in [-0.4, -0.2) is 48.5 Å². The van der Waals surface area contributed by atoms with E-state index in [1.165, 1.54) is 17.4 Å². The van der Waals surface area contributed by atoms with E-state index in [1.807, 2.05) is 16.3 Å². The van der Waals surface area contributed by atoms with Crippen LogP contribution in [0.15, 0.2) is 35.8 Å². The zero-order valence-corrected chi connectivity index (χ0v) is 12.9. The van der Waals surface area contributed by atoms with Gasteiger partial charge in [0.25, 0.3) is 0 Å². The van der Waals surface area contributed by atoms with Gasteiger partial charge in [-0.2, -0.15) is 0 Å². The minimum absolute atomic E-state index is 0.0448. The van der Waals surface area contributed by atoms with Gasteiger partial charge in [-0.1, -0.05) is 12.1 Å². The maximum Gasteiger partial charge on any atom is 0.242 e. The highest BCUT2D eigenvalue weighted by Crippen LogP contribution is 2.20. The van der Waals surface area contributed by atoms with Gasteiger partial charge >= 0.3 is 0 Å². The number of carbonyl (C=O) groups excluding carboxylic acids is 1. The van der Waals surface area contributed by atoms with Gasteiger partial charge < -0.3 is 15.1 Å². The molecule has 0 aliphatic carbocycles. The molecule has 1 aromatic carbocycles. The lowest BCUT2D eigenvalue weighted by molar-refractivity contribution is -0.129. The van der Waals surface area contributed by atoms with Gasteiger partial charge in [-0.15, -0.1) is 11.3 Å². The van der Waals surface area contributed by atoms with Crippen LogP contribution in [-0.2, 0) is 4.79 Å². The molecule has 1 aliphatic rings. The number of rotatable bonds is 4. The second-order valence-corrected chi connectivity index (χ2v) is 5.90. The molecular weight excluding hydrogens is 303 g/mol. The molecule has 1 fully saturated rings. The number of thiazole rings is 1. The Morgan fingerprint density at radius 1 is 1.27 bits per heavy atom. The highest BCUT2D eigenvalue weighted by Gasteiger charge is 2.22. The van der Waals surface area contributed by atoms with E-state index in [-0.39, 0.29) is 18.3 Å². The Balaban J connectivity index is 1.51. The summed E-state index contributed by atoms with van der Waals surface area (Å²) >= 11 is 1.47. The topological polar surface area (TPSA) is 48.5 Å². The summed E-state index contributed by atoms with van der Waals surface area (Å²) in [5.74, 6) is -0.170. The molecule has 116 valence electrons. The highest BCUT2D eigenvalue weighted by atomic mass is 32.1. The molecule has 5 nitrogen and oxygen atoms in total. The van der Waals surface area contributed by atoms with Gasteiger partial charge in [-0.3, -0.25) is 4.79 Å². The molecule has 7 heteroatoms. The summed E-state index contributed by atoms with van der Waals surface area (Å²) < 4.78 is 13.8. The van der Waals surface area contributed by atoms with Crippen LogP contribution in [0.4, 0.5) is 15.2 Å². The fourth-order valence-corrected chi connectivity index (χ4v) is 3.01. The van der Waals surface area contributed by atoms with Crippen molar-refractivity contribution in [1.29, 1.82) is 0 Å². The average molecular weight is 320 g/mol. The van der Waals surface area contributed by atoms with Gasteiger partial charge in [0, 0.05) is 37.8 Å². The number of halogens is 1. The van der Waals surface area contributed by atoms with Crippen molar-refractivity contribution in [2.45, 2.75) is 0 Å². The Hall–Kier alpha value is -2.15. The van der Waals surface area contributed by atoms with E-state index in [0.717, 1.165) is 5.13 Å². The Bertz CT molecular complexity index is 626. The SMILES string of the molecule is O=C(CNc1nccs1)N1CCN(c2ccccc2F)CC1. The number of benzene rings is 1. The zero-order valence-electron chi connectivity index (χ0n) is 12.0. The molecule has 0 radical (unpaired) electrons. The smallest absolute Gasteiger partial charge is 0.242 e.